The highest BCUT2D eigenvalue weighted by Gasteiger charge is 2.21. The number of para-hydroxylation sites is 1. The summed E-state index contributed by atoms with van der Waals surface area (Å²) >= 11 is 0. The van der Waals surface area contributed by atoms with Gasteiger partial charge in [0.1, 0.15) is 0 Å². The van der Waals surface area contributed by atoms with Crippen molar-refractivity contribution in [2.75, 3.05) is 11.9 Å². The van der Waals surface area contributed by atoms with E-state index in [0.29, 0.717) is 17.2 Å². The molecule has 2 aromatic rings. The van der Waals surface area contributed by atoms with Crippen molar-refractivity contribution >= 4 is 23.5 Å². The van der Waals surface area contributed by atoms with Crippen LogP contribution in [0.2, 0.25) is 0 Å². The summed E-state index contributed by atoms with van der Waals surface area (Å²) in [6.07, 6.45) is 4.10. The summed E-state index contributed by atoms with van der Waals surface area (Å²) in [5.41, 5.74) is 1.03. The molecule has 6 heteroatoms. The van der Waals surface area contributed by atoms with Crippen LogP contribution < -0.4 is 10.6 Å². The molecule has 0 aromatic heterocycles. The molecule has 0 radical (unpaired) electrons. The lowest BCUT2D eigenvalue weighted by Gasteiger charge is -2.26. The van der Waals surface area contributed by atoms with Crippen LogP contribution in [0.25, 0.3) is 0 Å². The number of esters is 1. The Kier molecular flexibility index (Phi) is 7.00. The van der Waals surface area contributed by atoms with E-state index in [1.165, 1.54) is 0 Å². The first kappa shape index (κ1) is 20.6. The van der Waals surface area contributed by atoms with Gasteiger partial charge in [-0.1, -0.05) is 37.3 Å². The first-order valence-electron chi connectivity index (χ1n) is 9.95. The van der Waals surface area contributed by atoms with E-state index in [9.17, 15) is 14.4 Å². The fourth-order valence-corrected chi connectivity index (χ4v) is 3.44. The number of amides is 2. The van der Waals surface area contributed by atoms with Crippen LogP contribution in [0.3, 0.4) is 0 Å². The fourth-order valence-electron chi connectivity index (χ4n) is 3.44. The highest BCUT2D eigenvalue weighted by molar-refractivity contribution is 6.08. The molecule has 29 heavy (non-hydrogen) atoms. The van der Waals surface area contributed by atoms with Crippen molar-refractivity contribution in [3.8, 4) is 0 Å². The van der Waals surface area contributed by atoms with Crippen molar-refractivity contribution < 1.29 is 19.1 Å². The number of carbonyl (C=O) groups excluding carboxylic acids is 3. The smallest absolute Gasteiger partial charge is 0.340 e. The fraction of sp³-hybridized carbons (Fsp3) is 0.348. The molecule has 2 amide bonds. The van der Waals surface area contributed by atoms with Crippen LogP contribution in [0.5, 0.6) is 0 Å². The summed E-state index contributed by atoms with van der Waals surface area (Å²) in [5.74, 6) is -0.580. The zero-order chi connectivity index (χ0) is 20.6. The van der Waals surface area contributed by atoms with E-state index in [1.807, 2.05) is 6.07 Å². The van der Waals surface area contributed by atoms with Gasteiger partial charge in [0, 0.05) is 11.6 Å². The van der Waals surface area contributed by atoms with E-state index >= 15 is 0 Å². The average Bonchev–Trinajstić information content (AvgIpc) is 2.74. The van der Waals surface area contributed by atoms with Crippen LogP contribution >= 0.6 is 0 Å². The zero-order valence-electron chi connectivity index (χ0n) is 16.5. The molecule has 1 aliphatic carbocycles. The number of nitrogens with one attached hydrogen (secondary N) is 2. The SMILES string of the molecule is CC1CCC(NC(=O)COC(=O)c2ccccc2NC(=O)c2ccccc2)CC1. The third-order valence-corrected chi connectivity index (χ3v) is 5.15. The average molecular weight is 394 g/mol. The summed E-state index contributed by atoms with van der Waals surface area (Å²) in [7, 11) is 0. The molecule has 0 aliphatic heterocycles. The summed E-state index contributed by atoms with van der Waals surface area (Å²) < 4.78 is 5.18. The monoisotopic (exact) mass is 394 g/mol. The Balaban J connectivity index is 1.55. The minimum atomic E-state index is -0.652. The summed E-state index contributed by atoms with van der Waals surface area (Å²) in [6, 6.07) is 15.5. The molecule has 0 atom stereocenters. The molecule has 6 nitrogen and oxygen atoms in total. The van der Waals surface area contributed by atoms with Crippen molar-refractivity contribution in [3.63, 3.8) is 0 Å². The number of carbonyl (C=O) groups is 3. The molecule has 1 aliphatic rings. The van der Waals surface area contributed by atoms with Crippen molar-refractivity contribution in [1.82, 2.24) is 5.32 Å². The van der Waals surface area contributed by atoms with Gasteiger partial charge < -0.3 is 15.4 Å². The van der Waals surface area contributed by atoms with Crippen LogP contribution in [-0.2, 0) is 9.53 Å². The Labute approximate surface area is 170 Å². The van der Waals surface area contributed by atoms with Crippen LogP contribution in [0.1, 0.15) is 53.3 Å². The van der Waals surface area contributed by atoms with Crippen LogP contribution in [0.15, 0.2) is 54.6 Å². The minimum Gasteiger partial charge on any atom is -0.452 e. The topological polar surface area (TPSA) is 84.5 Å². The molecule has 0 heterocycles. The standard InChI is InChI=1S/C23H26N2O4/c1-16-11-13-18(14-12-16)24-21(26)15-29-23(28)19-9-5-6-10-20(19)25-22(27)17-7-3-2-4-8-17/h2-10,16,18H,11-15H2,1H3,(H,24,26)(H,25,27). The van der Waals surface area contributed by atoms with E-state index in [4.69, 9.17) is 4.74 Å². The number of hydrogen-bond acceptors (Lipinski definition) is 4. The van der Waals surface area contributed by atoms with Gasteiger partial charge in [-0.15, -0.1) is 0 Å². The maximum absolute atomic E-state index is 12.5. The molecule has 0 unspecified atom stereocenters. The number of anilines is 1. The lowest BCUT2D eigenvalue weighted by molar-refractivity contribution is -0.125. The first-order valence-corrected chi connectivity index (χ1v) is 9.95. The van der Waals surface area contributed by atoms with E-state index in [-0.39, 0.29) is 30.0 Å². The molecule has 1 saturated carbocycles. The zero-order valence-corrected chi connectivity index (χ0v) is 16.5. The van der Waals surface area contributed by atoms with Crippen molar-refractivity contribution in [2.24, 2.45) is 5.92 Å². The molecule has 1 fully saturated rings. The highest BCUT2D eigenvalue weighted by atomic mass is 16.5. The number of benzene rings is 2. The summed E-state index contributed by atoms with van der Waals surface area (Å²) in [6.45, 7) is 1.87. The van der Waals surface area contributed by atoms with Gasteiger partial charge in [-0.2, -0.15) is 0 Å². The third kappa shape index (κ3) is 5.91. The van der Waals surface area contributed by atoms with E-state index in [0.717, 1.165) is 25.7 Å². The highest BCUT2D eigenvalue weighted by Crippen LogP contribution is 2.23. The Bertz CT molecular complexity index is 858. The lowest BCUT2D eigenvalue weighted by atomic mass is 9.87. The predicted octanol–water partition coefficient (Wildman–Crippen LogP) is 3.79. The first-order chi connectivity index (χ1) is 14.0. The molecule has 0 bridgehead atoms. The van der Waals surface area contributed by atoms with Gasteiger partial charge in [0.25, 0.3) is 11.8 Å². The molecule has 152 valence electrons. The van der Waals surface area contributed by atoms with Gasteiger partial charge in [-0.25, -0.2) is 4.79 Å². The van der Waals surface area contributed by atoms with E-state index in [2.05, 4.69) is 17.6 Å². The number of ether oxygens (including phenoxy) is 1. The molecule has 0 saturated heterocycles. The van der Waals surface area contributed by atoms with Crippen molar-refractivity contribution in [1.29, 1.82) is 0 Å². The maximum atomic E-state index is 12.5. The predicted molar refractivity (Wildman–Crippen MR) is 111 cm³/mol. The van der Waals surface area contributed by atoms with Gasteiger partial charge in [-0.3, -0.25) is 9.59 Å². The van der Waals surface area contributed by atoms with Gasteiger partial charge in [0.2, 0.25) is 0 Å². The molecule has 2 aromatic carbocycles. The lowest BCUT2D eigenvalue weighted by Crippen LogP contribution is -2.39. The van der Waals surface area contributed by atoms with Crippen molar-refractivity contribution in [3.05, 3.63) is 65.7 Å². The van der Waals surface area contributed by atoms with Crippen LogP contribution in [0.4, 0.5) is 5.69 Å². The second-order valence-corrected chi connectivity index (χ2v) is 7.47. The molecular weight excluding hydrogens is 368 g/mol. The third-order valence-electron chi connectivity index (χ3n) is 5.15. The van der Waals surface area contributed by atoms with Crippen molar-refractivity contribution in [2.45, 2.75) is 38.6 Å². The maximum Gasteiger partial charge on any atom is 0.340 e. The van der Waals surface area contributed by atoms with E-state index in [1.54, 1.807) is 48.5 Å². The second kappa shape index (κ2) is 9.87. The van der Waals surface area contributed by atoms with Gasteiger partial charge in [-0.05, 0) is 55.9 Å². The Morgan fingerprint density at radius 3 is 2.31 bits per heavy atom. The second-order valence-electron chi connectivity index (χ2n) is 7.47. The molecular formula is C23H26N2O4. The minimum absolute atomic E-state index is 0.148. The molecule has 2 N–H and O–H groups in total. The van der Waals surface area contributed by atoms with Crippen LogP contribution in [-0.4, -0.2) is 30.4 Å². The van der Waals surface area contributed by atoms with Gasteiger partial charge >= 0.3 is 5.97 Å². The summed E-state index contributed by atoms with van der Waals surface area (Å²) in [5, 5.41) is 5.65. The Morgan fingerprint density at radius 1 is 0.931 bits per heavy atom. The molecule has 0 spiro atoms. The Morgan fingerprint density at radius 2 is 1.59 bits per heavy atom. The van der Waals surface area contributed by atoms with E-state index < -0.39 is 5.97 Å². The largest absolute Gasteiger partial charge is 0.452 e. The van der Waals surface area contributed by atoms with Crippen LogP contribution in [0, 0.1) is 5.92 Å². The quantitative estimate of drug-likeness (QED) is 0.730. The normalized spacial score (nSPS) is 18.5. The summed E-state index contributed by atoms with van der Waals surface area (Å²) in [4.78, 5) is 37.0. The number of hydrogen-bond donors (Lipinski definition) is 2. The number of rotatable bonds is 6. The molecule has 3 rings (SSSR count). The van der Waals surface area contributed by atoms with Gasteiger partial charge in [0.05, 0.1) is 11.3 Å². The van der Waals surface area contributed by atoms with Gasteiger partial charge in [0.15, 0.2) is 6.61 Å². The Hall–Kier alpha value is -3.15.